The summed E-state index contributed by atoms with van der Waals surface area (Å²) in [6, 6.07) is 67.8. The number of hydrogen-bond donors (Lipinski definition) is 0. The Kier molecular flexibility index (Phi) is 6.72. The zero-order chi connectivity index (χ0) is 36.8. The Morgan fingerprint density at radius 2 is 0.911 bits per heavy atom. The van der Waals surface area contributed by atoms with Crippen LogP contribution in [0.4, 0.5) is 0 Å². The topological polar surface area (TPSA) is 38.7 Å². The summed E-state index contributed by atoms with van der Waals surface area (Å²) in [5, 5.41) is 3.68. The average molecular weight is 730 g/mol. The Bertz CT molecular complexity index is 3170. The second kappa shape index (κ2) is 12.0. The van der Waals surface area contributed by atoms with Crippen LogP contribution < -0.4 is 0 Å². The second-order valence-electron chi connectivity index (χ2n) is 14.7. The van der Waals surface area contributed by atoms with Crippen LogP contribution in [-0.2, 0) is 5.41 Å². The minimum Gasteiger partial charge on any atom is -0.208 e. The average Bonchev–Trinajstić information content (AvgIpc) is 3.90. The normalized spacial score (nSPS) is 13.1. The van der Waals surface area contributed by atoms with Gasteiger partial charge in [-0.3, -0.25) is 0 Å². The van der Waals surface area contributed by atoms with Crippen LogP contribution in [0.5, 0.6) is 0 Å². The minimum absolute atomic E-state index is 0.379. The molecule has 2 aliphatic rings. The Morgan fingerprint density at radius 3 is 1.70 bits per heavy atom. The van der Waals surface area contributed by atoms with Gasteiger partial charge < -0.3 is 0 Å². The monoisotopic (exact) mass is 729 g/mol. The van der Waals surface area contributed by atoms with Crippen molar-refractivity contribution in [3.63, 3.8) is 0 Å². The molecule has 3 nitrogen and oxygen atoms in total. The molecule has 0 saturated carbocycles. The standard InChI is InChI=1S/C52H31N3S/c1-2-14-33(15-3-1)49-53-50(55-51(54-49)38-26-25-32-13-4-5-16-34(32)29-38)37-18-12-17-35(30-37)36-27-28-45-42(31-36)48-47(41-21-8-11-24-46(41)56-48)52(45)43-22-9-6-19-39(43)40-20-7-10-23-44(40)52/h1-31H. The first-order chi connectivity index (χ1) is 27.7. The van der Waals surface area contributed by atoms with Crippen LogP contribution in [0.15, 0.2) is 188 Å². The number of aromatic nitrogens is 3. The quantitative estimate of drug-likeness (QED) is 0.181. The van der Waals surface area contributed by atoms with E-state index < -0.39 is 0 Å². The molecule has 0 unspecified atom stereocenters. The van der Waals surface area contributed by atoms with E-state index in [9.17, 15) is 0 Å². The zero-order valence-corrected chi connectivity index (χ0v) is 31.0. The van der Waals surface area contributed by atoms with Crippen LogP contribution in [-0.4, -0.2) is 15.0 Å². The van der Waals surface area contributed by atoms with E-state index in [0.717, 1.165) is 33.2 Å². The highest BCUT2D eigenvalue weighted by Gasteiger charge is 2.53. The molecule has 0 amide bonds. The van der Waals surface area contributed by atoms with Gasteiger partial charge in [-0.15, -0.1) is 11.3 Å². The predicted octanol–water partition coefficient (Wildman–Crippen LogP) is 13.3. The Balaban J connectivity index is 1.03. The van der Waals surface area contributed by atoms with Gasteiger partial charge in [0.1, 0.15) is 0 Å². The van der Waals surface area contributed by atoms with Gasteiger partial charge in [-0.2, -0.15) is 0 Å². The first kappa shape index (κ1) is 31.4. The van der Waals surface area contributed by atoms with Crippen molar-refractivity contribution in [2.45, 2.75) is 5.41 Å². The first-order valence-corrected chi connectivity index (χ1v) is 19.8. The van der Waals surface area contributed by atoms with Gasteiger partial charge in [0.15, 0.2) is 17.5 Å². The molecule has 2 heterocycles. The summed E-state index contributed by atoms with van der Waals surface area (Å²) in [4.78, 5) is 16.6. The van der Waals surface area contributed by atoms with Gasteiger partial charge in [0.05, 0.1) is 5.41 Å². The van der Waals surface area contributed by atoms with Crippen LogP contribution in [0.3, 0.4) is 0 Å². The van der Waals surface area contributed by atoms with Crippen molar-refractivity contribution in [3.05, 3.63) is 210 Å². The van der Waals surface area contributed by atoms with Gasteiger partial charge in [0, 0.05) is 26.3 Å². The van der Waals surface area contributed by atoms with Crippen molar-refractivity contribution in [2.24, 2.45) is 0 Å². The predicted molar refractivity (Wildman–Crippen MR) is 231 cm³/mol. The SMILES string of the molecule is c1ccc(-c2nc(-c3cccc(-c4ccc5c(c4)-c4sc6ccccc6c4C54c5ccccc5-c5ccccc54)c3)nc(-c3ccc4ccccc4c3)n2)cc1. The molecule has 2 aliphatic carbocycles. The molecule has 0 atom stereocenters. The van der Waals surface area contributed by atoms with Crippen molar-refractivity contribution in [3.8, 4) is 66.9 Å². The second-order valence-corrected chi connectivity index (χ2v) is 15.8. The molecule has 12 rings (SSSR count). The molecule has 56 heavy (non-hydrogen) atoms. The fraction of sp³-hybridized carbons (Fsp3) is 0.0192. The van der Waals surface area contributed by atoms with Crippen molar-refractivity contribution in [1.29, 1.82) is 0 Å². The van der Waals surface area contributed by atoms with Crippen LogP contribution in [0, 0.1) is 0 Å². The van der Waals surface area contributed by atoms with E-state index >= 15 is 0 Å². The van der Waals surface area contributed by atoms with Gasteiger partial charge in [-0.25, -0.2) is 15.0 Å². The highest BCUT2D eigenvalue weighted by molar-refractivity contribution is 7.22. The van der Waals surface area contributed by atoms with Crippen molar-refractivity contribution < 1.29 is 0 Å². The number of fused-ring (bicyclic) bond motifs is 13. The Labute approximate surface area is 328 Å². The highest BCUT2D eigenvalue weighted by atomic mass is 32.1. The third-order valence-corrected chi connectivity index (χ3v) is 12.9. The number of nitrogens with zero attached hydrogens (tertiary/aromatic N) is 3. The molecule has 0 saturated heterocycles. The van der Waals surface area contributed by atoms with Crippen molar-refractivity contribution >= 4 is 32.2 Å². The van der Waals surface area contributed by atoms with Crippen LogP contribution in [0.25, 0.3) is 87.7 Å². The lowest BCUT2D eigenvalue weighted by molar-refractivity contribution is 0.803. The van der Waals surface area contributed by atoms with E-state index in [1.807, 2.05) is 29.5 Å². The molecule has 0 bridgehead atoms. The maximum atomic E-state index is 5.12. The number of hydrogen-bond acceptors (Lipinski definition) is 4. The summed E-state index contributed by atoms with van der Waals surface area (Å²) in [5.74, 6) is 1.96. The maximum absolute atomic E-state index is 5.12. The number of rotatable bonds is 4. The third-order valence-electron chi connectivity index (χ3n) is 11.7. The molecule has 1 spiro atoms. The van der Waals surface area contributed by atoms with E-state index in [0.29, 0.717) is 17.5 Å². The molecule has 0 fully saturated rings. The molecule has 8 aromatic carbocycles. The summed E-state index contributed by atoms with van der Waals surface area (Å²) in [7, 11) is 0. The maximum Gasteiger partial charge on any atom is 0.164 e. The van der Waals surface area contributed by atoms with Gasteiger partial charge in [0.2, 0.25) is 0 Å². The molecule has 0 radical (unpaired) electrons. The fourth-order valence-corrected chi connectivity index (χ4v) is 10.6. The van der Waals surface area contributed by atoms with E-state index in [-0.39, 0.29) is 5.41 Å². The summed E-state index contributed by atoms with van der Waals surface area (Å²) in [6.07, 6.45) is 0. The van der Waals surface area contributed by atoms with E-state index in [1.165, 1.54) is 59.3 Å². The largest absolute Gasteiger partial charge is 0.208 e. The molecule has 4 heteroatoms. The van der Waals surface area contributed by atoms with Gasteiger partial charge in [0.25, 0.3) is 0 Å². The lowest BCUT2D eigenvalue weighted by Gasteiger charge is -2.30. The molecule has 10 aromatic rings. The first-order valence-electron chi connectivity index (χ1n) is 19.0. The molecular weight excluding hydrogens is 699 g/mol. The minimum atomic E-state index is -0.379. The lowest BCUT2D eigenvalue weighted by atomic mass is 9.70. The van der Waals surface area contributed by atoms with E-state index in [1.54, 1.807) is 0 Å². The van der Waals surface area contributed by atoms with Gasteiger partial charge >= 0.3 is 0 Å². The molecular formula is C52H31N3S. The van der Waals surface area contributed by atoms with Gasteiger partial charge in [-0.1, -0.05) is 164 Å². The fourth-order valence-electron chi connectivity index (χ4n) is 9.29. The molecule has 0 N–H and O–H groups in total. The summed E-state index contributed by atoms with van der Waals surface area (Å²) in [6.45, 7) is 0. The van der Waals surface area contributed by atoms with Crippen LogP contribution in [0.1, 0.15) is 22.3 Å². The van der Waals surface area contributed by atoms with Crippen molar-refractivity contribution in [1.82, 2.24) is 15.0 Å². The Hall–Kier alpha value is -7.01. The number of thiophene rings is 1. The smallest absolute Gasteiger partial charge is 0.164 e. The number of benzene rings is 8. The molecule has 2 aromatic heterocycles. The molecule has 260 valence electrons. The van der Waals surface area contributed by atoms with Gasteiger partial charge in [-0.05, 0) is 90.5 Å². The summed E-state index contributed by atoms with van der Waals surface area (Å²) < 4.78 is 1.32. The lowest BCUT2D eigenvalue weighted by Crippen LogP contribution is -2.25. The van der Waals surface area contributed by atoms with E-state index in [4.69, 9.17) is 15.0 Å². The third kappa shape index (κ3) is 4.48. The highest BCUT2D eigenvalue weighted by Crippen LogP contribution is 2.66. The zero-order valence-electron chi connectivity index (χ0n) is 30.1. The van der Waals surface area contributed by atoms with Crippen molar-refractivity contribution in [2.75, 3.05) is 0 Å². The Morgan fingerprint density at radius 1 is 0.357 bits per heavy atom. The summed E-state index contributed by atoms with van der Waals surface area (Å²) >= 11 is 1.92. The molecule has 0 aliphatic heterocycles. The summed E-state index contributed by atoms with van der Waals surface area (Å²) in [5.41, 5.74) is 14.2. The van der Waals surface area contributed by atoms with Crippen LogP contribution in [0.2, 0.25) is 0 Å². The van der Waals surface area contributed by atoms with E-state index in [2.05, 4.69) is 170 Å². The van der Waals surface area contributed by atoms with Crippen LogP contribution >= 0.6 is 11.3 Å².